The fraction of sp³-hybridized carbons (Fsp3) is 0.160. The first-order chi connectivity index (χ1) is 14.9. The molecule has 158 valence electrons. The second-order valence-electron chi connectivity index (χ2n) is 7.55. The summed E-state index contributed by atoms with van der Waals surface area (Å²) in [5.74, 6) is -1.18. The van der Waals surface area contributed by atoms with Crippen LogP contribution in [-0.4, -0.2) is 5.91 Å². The molecule has 1 heterocycles. The summed E-state index contributed by atoms with van der Waals surface area (Å²) in [5.41, 5.74) is 1.37. The number of nitrogens with one attached hydrogen (secondary N) is 2. The van der Waals surface area contributed by atoms with E-state index in [4.69, 9.17) is 23.2 Å². The molecule has 3 atom stereocenters. The zero-order valence-corrected chi connectivity index (χ0v) is 18.3. The highest BCUT2D eigenvalue weighted by molar-refractivity contribution is 6.32. The molecule has 3 aromatic carbocycles. The molecule has 2 N–H and O–H groups in total. The van der Waals surface area contributed by atoms with Crippen molar-refractivity contribution in [1.29, 1.82) is 0 Å². The minimum absolute atomic E-state index is 0.216. The predicted molar refractivity (Wildman–Crippen MR) is 123 cm³/mol. The van der Waals surface area contributed by atoms with Crippen molar-refractivity contribution in [3.8, 4) is 0 Å². The third kappa shape index (κ3) is 4.06. The van der Waals surface area contributed by atoms with Crippen LogP contribution in [0.4, 0.5) is 4.39 Å². The zero-order chi connectivity index (χ0) is 22.0. The highest BCUT2D eigenvalue weighted by Gasteiger charge is 2.48. The van der Waals surface area contributed by atoms with Crippen LogP contribution in [0.1, 0.15) is 35.4 Å². The summed E-state index contributed by atoms with van der Waals surface area (Å²) in [7, 11) is 0. The Balaban J connectivity index is 2.01. The van der Waals surface area contributed by atoms with Gasteiger partial charge in [-0.05, 0) is 47.2 Å². The molecule has 0 saturated carbocycles. The Morgan fingerprint density at radius 1 is 0.935 bits per heavy atom. The first-order valence-electron chi connectivity index (χ1n) is 9.90. The molecule has 3 nitrogen and oxygen atoms in total. The van der Waals surface area contributed by atoms with Gasteiger partial charge in [0.2, 0.25) is 5.91 Å². The molecule has 0 bridgehead atoms. The molecule has 4 rings (SSSR count). The Morgan fingerprint density at radius 2 is 1.52 bits per heavy atom. The molecule has 0 fully saturated rings. The molecule has 0 radical (unpaired) electrons. The Hall–Kier alpha value is -2.82. The van der Waals surface area contributed by atoms with Crippen molar-refractivity contribution in [1.82, 2.24) is 10.6 Å². The Bertz CT molecular complexity index is 1130. The molecule has 0 aliphatic carbocycles. The lowest BCUT2D eigenvalue weighted by atomic mass is 9.69. The Labute approximate surface area is 190 Å². The molecule has 0 aromatic heterocycles. The molecule has 31 heavy (non-hydrogen) atoms. The van der Waals surface area contributed by atoms with Crippen LogP contribution < -0.4 is 10.6 Å². The molecule has 0 saturated heterocycles. The molecule has 1 aliphatic heterocycles. The van der Waals surface area contributed by atoms with Crippen LogP contribution in [0, 0.1) is 5.82 Å². The normalized spacial score (nSPS) is 22.6. The van der Waals surface area contributed by atoms with Gasteiger partial charge in [0.05, 0.1) is 0 Å². The van der Waals surface area contributed by atoms with Crippen LogP contribution >= 0.6 is 23.2 Å². The summed E-state index contributed by atoms with van der Waals surface area (Å²) in [6, 6.07) is 21.3. The number of carbonyl (C=O) groups is 1. The van der Waals surface area contributed by atoms with Gasteiger partial charge >= 0.3 is 0 Å². The lowest BCUT2D eigenvalue weighted by Gasteiger charge is -2.48. The third-order valence-corrected chi connectivity index (χ3v) is 6.31. The van der Waals surface area contributed by atoms with Crippen LogP contribution in [0.25, 0.3) is 0 Å². The van der Waals surface area contributed by atoms with Gasteiger partial charge in [-0.25, -0.2) is 4.39 Å². The minimum Gasteiger partial charge on any atom is -0.365 e. The predicted octanol–water partition coefficient (Wildman–Crippen LogP) is 6.11. The molecule has 1 amide bonds. The van der Waals surface area contributed by atoms with Crippen molar-refractivity contribution in [2.45, 2.75) is 24.4 Å². The van der Waals surface area contributed by atoms with Crippen LogP contribution in [0.2, 0.25) is 10.0 Å². The van der Waals surface area contributed by atoms with Gasteiger partial charge in [-0.2, -0.15) is 0 Å². The molecular weight excluding hydrogens is 434 g/mol. The Morgan fingerprint density at radius 3 is 2.10 bits per heavy atom. The number of allylic oxidation sites excluding steroid dienone is 1. The summed E-state index contributed by atoms with van der Waals surface area (Å²) in [6.07, 6.45) is 3.82. The van der Waals surface area contributed by atoms with E-state index in [0.717, 1.165) is 11.1 Å². The molecule has 3 unspecified atom stereocenters. The Kier molecular flexibility index (Phi) is 6.03. The summed E-state index contributed by atoms with van der Waals surface area (Å²) in [6.45, 7) is 1.46. The smallest absolute Gasteiger partial charge is 0.218 e. The summed E-state index contributed by atoms with van der Waals surface area (Å²) >= 11 is 13.3. The second kappa shape index (κ2) is 8.74. The first-order valence-corrected chi connectivity index (χ1v) is 10.7. The highest BCUT2D eigenvalue weighted by atomic mass is 35.5. The van der Waals surface area contributed by atoms with Crippen LogP contribution in [-0.2, 0) is 10.5 Å². The maximum Gasteiger partial charge on any atom is 0.218 e. The number of rotatable bonds is 4. The van der Waals surface area contributed by atoms with Gasteiger partial charge in [0, 0.05) is 28.8 Å². The monoisotopic (exact) mass is 454 g/mol. The van der Waals surface area contributed by atoms with Gasteiger partial charge in [-0.3, -0.25) is 4.79 Å². The SMILES string of the molecule is CC(=O)NC1(c2ccc(F)cc2)NC=CC(c2ccccc2Cl)C1c1ccccc1Cl. The zero-order valence-electron chi connectivity index (χ0n) is 16.8. The standard InChI is InChI=1S/C25H21Cl2FN2O/c1-16(31)30-25(17-10-12-18(28)13-11-17)24(21-7-3-5-9-23(21)27)20(14-15-29-25)19-6-2-4-8-22(19)26/h2-15,20,24,29H,1H3,(H,30,31). The lowest BCUT2D eigenvalue weighted by molar-refractivity contribution is -0.121. The fourth-order valence-electron chi connectivity index (χ4n) is 4.38. The third-order valence-electron chi connectivity index (χ3n) is 5.62. The van der Waals surface area contributed by atoms with Crippen molar-refractivity contribution in [3.63, 3.8) is 0 Å². The van der Waals surface area contributed by atoms with E-state index in [0.29, 0.717) is 15.6 Å². The van der Waals surface area contributed by atoms with E-state index >= 15 is 0 Å². The summed E-state index contributed by atoms with van der Waals surface area (Å²) in [5, 5.41) is 7.64. The molecule has 0 spiro atoms. The van der Waals surface area contributed by atoms with Crippen molar-refractivity contribution in [3.05, 3.63) is 118 Å². The average molecular weight is 455 g/mol. The lowest BCUT2D eigenvalue weighted by Crippen LogP contribution is -2.60. The molecule has 3 aromatic rings. The average Bonchev–Trinajstić information content (AvgIpc) is 2.75. The van der Waals surface area contributed by atoms with E-state index in [1.807, 2.05) is 54.6 Å². The van der Waals surface area contributed by atoms with Crippen molar-refractivity contribution in [2.75, 3.05) is 0 Å². The van der Waals surface area contributed by atoms with E-state index in [-0.39, 0.29) is 23.6 Å². The van der Waals surface area contributed by atoms with Gasteiger partial charge in [0.1, 0.15) is 11.5 Å². The number of halogens is 3. The van der Waals surface area contributed by atoms with Crippen molar-refractivity contribution < 1.29 is 9.18 Å². The van der Waals surface area contributed by atoms with E-state index in [2.05, 4.69) is 10.6 Å². The van der Waals surface area contributed by atoms with Gasteiger partial charge < -0.3 is 10.6 Å². The number of carbonyl (C=O) groups excluding carboxylic acids is 1. The largest absolute Gasteiger partial charge is 0.365 e. The number of hydrogen-bond acceptors (Lipinski definition) is 2. The summed E-state index contributed by atoms with van der Waals surface area (Å²) in [4.78, 5) is 12.4. The van der Waals surface area contributed by atoms with E-state index in [1.54, 1.807) is 18.3 Å². The maximum atomic E-state index is 13.8. The van der Waals surface area contributed by atoms with E-state index in [1.165, 1.54) is 19.1 Å². The van der Waals surface area contributed by atoms with Crippen LogP contribution in [0.15, 0.2) is 85.1 Å². The first kappa shape index (κ1) is 21.4. The van der Waals surface area contributed by atoms with Crippen molar-refractivity contribution in [2.24, 2.45) is 0 Å². The minimum atomic E-state index is -1.08. The maximum absolute atomic E-state index is 13.8. The van der Waals surface area contributed by atoms with Crippen LogP contribution in [0.5, 0.6) is 0 Å². The van der Waals surface area contributed by atoms with Gasteiger partial charge in [0.25, 0.3) is 0 Å². The summed E-state index contributed by atoms with van der Waals surface area (Å²) < 4.78 is 13.8. The number of benzene rings is 3. The second-order valence-corrected chi connectivity index (χ2v) is 8.36. The fourth-order valence-corrected chi connectivity index (χ4v) is 4.89. The van der Waals surface area contributed by atoms with Gasteiger partial charge in [-0.1, -0.05) is 77.8 Å². The van der Waals surface area contributed by atoms with Crippen LogP contribution in [0.3, 0.4) is 0 Å². The van der Waals surface area contributed by atoms with E-state index < -0.39 is 5.66 Å². The topological polar surface area (TPSA) is 41.1 Å². The van der Waals surface area contributed by atoms with E-state index in [9.17, 15) is 9.18 Å². The molecule has 6 heteroatoms. The highest BCUT2D eigenvalue weighted by Crippen LogP contribution is 2.50. The molecule has 1 aliphatic rings. The van der Waals surface area contributed by atoms with Crippen molar-refractivity contribution >= 4 is 29.1 Å². The number of hydrogen-bond donors (Lipinski definition) is 2. The number of amides is 1. The van der Waals surface area contributed by atoms with Gasteiger partial charge in [-0.15, -0.1) is 0 Å². The van der Waals surface area contributed by atoms with Gasteiger partial charge in [0.15, 0.2) is 0 Å². The molecular formula is C25H21Cl2FN2O. The quantitative estimate of drug-likeness (QED) is 0.499.